The summed E-state index contributed by atoms with van der Waals surface area (Å²) >= 11 is 0. The molecule has 2 N–H and O–H groups in total. The van der Waals surface area contributed by atoms with E-state index in [0.29, 0.717) is 28.3 Å². The second-order valence-corrected chi connectivity index (χ2v) is 14.6. The van der Waals surface area contributed by atoms with Crippen molar-refractivity contribution in [1.82, 2.24) is 4.98 Å². The molecule has 5 rings (SSSR count). The van der Waals surface area contributed by atoms with E-state index in [1.165, 1.54) is 12.8 Å². The zero-order chi connectivity index (χ0) is 26.4. The van der Waals surface area contributed by atoms with Crippen LogP contribution in [-0.4, -0.2) is 58.7 Å². The van der Waals surface area contributed by atoms with Crippen molar-refractivity contribution in [3.63, 3.8) is 0 Å². The Kier molecular flexibility index (Phi) is 6.73. The zero-order valence-electron chi connectivity index (χ0n) is 22.4. The van der Waals surface area contributed by atoms with Crippen LogP contribution in [0.5, 0.6) is 0 Å². The molecule has 3 heterocycles. The highest BCUT2D eigenvalue weighted by molar-refractivity contribution is 7.93. The molecule has 1 aromatic carbocycles. The summed E-state index contributed by atoms with van der Waals surface area (Å²) in [6.07, 6.45) is 4.94. The lowest BCUT2D eigenvalue weighted by molar-refractivity contribution is 0.0529. The van der Waals surface area contributed by atoms with E-state index >= 15 is 0 Å². The van der Waals surface area contributed by atoms with Crippen LogP contribution >= 0.6 is 0 Å². The van der Waals surface area contributed by atoms with Crippen LogP contribution in [0.1, 0.15) is 63.7 Å². The van der Waals surface area contributed by atoms with Gasteiger partial charge in [-0.25, -0.2) is 14.0 Å². The molecule has 3 aliphatic rings. The fourth-order valence-corrected chi connectivity index (χ4v) is 6.52. The first-order valence-electron chi connectivity index (χ1n) is 13.3. The number of aromatic nitrogens is 1. The van der Waals surface area contributed by atoms with Crippen molar-refractivity contribution in [2.45, 2.75) is 69.1 Å². The molecule has 1 amide bonds. The summed E-state index contributed by atoms with van der Waals surface area (Å²) in [6.45, 7) is 11.4. The van der Waals surface area contributed by atoms with E-state index in [9.17, 15) is 9.00 Å². The van der Waals surface area contributed by atoms with Crippen LogP contribution in [-0.2, 0) is 14.5 Å². The Bertz CT molecular complexity index is 1270. The number of carbonyl (C=O) groups excluding carboxylic acids is 1. The molecule has 37 heavy (non-hydrogen) atoms. The summed E-state index contributed by atoms with van der Waals surface area (Å²) in [7, 11) is -3.06. The number of nitrogens with zero attached hydrogens (tertiary/aromatic N) is 3. The van der Waals surface area contributed by atoms with Crippen LogP contribution in [0, 0.1) is 10.2 Å². The van der Waals surface area contributed by atoms with Gasteiger partial charge in [0, 0.05) is 35.8 Å². The van der Waals surface area contributed by atoms with Crippen LogP contribution in [0.3, 0.4) is 0 Å². The molecule has 1 aromatic heterocycles. The lowest BCUT2D eigenvalue weighted by Crippen LogP contribution is -2.41. The van der Waals surface area contributed by atoms with Gasteiger partial charge in [-0.15, -0.1) is 0 Å². The molecule has 200 valence electrons. The zero-order valence-corrected chi connectivity index (χ0v) is 23.2. The number of ether oxygens (including phenoxy) is 1. The van der Waals surface area contributed by atoms with Gasteiger partial charge >= 0.3 is 0 Å². The minimum Gasteiger partial charge on any atom is -0.375 e. The predicted octanol–water partition coefficient (Wildman–Crippen LogP) is 5.14. The first-order valence-corrected chi connectivity index (χ1v) is 14.9. The molecule has 2 aliphatic heterocycles. The van der Waals surface area contributed by atoms with Gasteiger partial charge in [0.05, 0.1) is 33.7 Å². The SMILES string of the molecule is C[C@@H]1CN(c2cccc(NC(=O)c3ccc(S(=N)(=O)C(C)(C)C)cc3N3CCC4(CC3)CC4)n2)CCO1. The van der Waals surface area contributed by atoms with Gasteiger partial charge in [-0.3, -0.25) is 4.79 Å². The third kappa shape index (κ3) is 5.34. The average Bonchev–Trinajstić information content (AvgIpc) is 3.62. The quantitative estimate of drug-likeness (QED) is 0.561. The third-order valence-corrected chi connectivity index (χ3v) is 10.7. The number of anilines is 3. The molecule has 1 aliphatic carbocycles. The topological polar surface area (TPSA) is 98.6 Å². The highest BCUT2D eigenvalue weighted by atomic mass is 32.2. The van der Waals surface area contributed by atoms with Gasteiger partial charge in [-0.2, -0.15) is 0 Å². The maximum atomic E-state index is 13.6. The maximum absolute atomic E-state index is 13.6. The van der Waals surface area contributed by atoms with Crippen molar-refractivity contribution in [1.29, 1.82) is 4.78 Å². The van der Waals surface area contributed by atoms with Crippen LogP contribution in [0.25, 0.3) is 0 Å². The number of piperidine rings is 1. The number of hydrogen-bond acceptors (Lipinski definition) is 7. The summed E-state index contributed by atoms with van der Waals surface area (Å²) in [6, 6.07) is 10.9. The summed E-state index contributed by atoms with van der Waals surface area (Å²) in [5.74, 6) is 1.06. The fourth-order valence-electron chi connectivity index (χ4n) is 5.28. The number of morpholine rings is 1. The summed E-state index contributed by atoms with van der Waals surface area (Å²) in [5, 5.41) is 2.99. The Hall–Kier alpha value is -2.65. The number of benzene rings is 1. The molecule has 1 unspecified atom stereocenters. The molecule has 0 radical (unpaired) electrons. The summed E-state index contributed by atoms with van der Waals surface area (Å²) in [5.41, 5.74) is 1.77. The first-order chi connectivity index (χ1) is 17.5. The Morgan fingerprint density at radius 3 is 2.49 bits per heavy atom. The fraction of sp³-hybridized carbons (Fsp3) is 0.571. The lowest BCUT2D eigenvalue weighted by atomic mass is 9.93. The van der Waals surface area contributed by atoms with E-state index in [1.807, 2.05) is 45.9 Å². The van der Waals surface area contributed by atoms with E-state index in [4.69, 9.17) is 14.5 Å². The van der Waals surface area contributed by atoms with Gasteiger partial charge < -0.3 is 19.9 Å². The van der Waals surface area contributed by atoms with Gasteiger partial charge in [0.1, 0.15) is 11.6 Å². The molecule has 0 bridgehead atoms. The Morgan fingerprint density at radius 2 is 1.84 bits per heavy atom. The minimum absolute atomic E-state index is 0.134. The third-order valence-electron chi connectivity index (χ3n) is 8.07. The lowest BCUT2D eigenvalue weighted by Gasteiger charge is -2.35. The molecule has 8 nitrogen and oxygen atoms in total. The molecule has 9 heteroatoms. The monoisotopic (exact) mass is 525 g/mol. The van der Waals surface area contributed by atoms with E-state index in [0.717, 1.165) is 50.5 Å². The number of rotatable bonds is 5. The normalized spacial score (nSPS) is 23.0. The van der Waals surface area contributed by atoms with Crippen LogP contribution in [0.15, 0.2) is 41.3 Å². The summed E-state index contributed by atoms with van der Waals surface area (Å²) in [4.78, 5) is 23.2. The molecule has 1 spiro atoms. The van der Waals surface area contributed by atoms with Crippen LogP contribution in [0.4, 0.5) is 17.3 Å². The number of hydrogen-bond donors (Lipinski definition) is 2. The maximum Gasteiger partial charge on any atom is 0.258 e. The molecule has 2 saturated heterocycles. The van der Waals surface area contributed by atoms with Gasteiger partial charge in [0.2, 0.25) is 0 Å². The van der Waals surface area contributed by atoms with Crippen LogP contribution < -0.4 is 15.1 Å². The molecule has 2 aromatic rings. The van der Waals surface area contributed by atoms with Crippen molar-refractivity contribution >= 4 is 33.0 Å². The van der Waals surface area contributed by atoms with Crippen molar-refractivity contribution in [2.24, 2.45) is 5.41 Å². The van der Waals surface area contributed by atoms with E-state index in [1.54, 1.807) is 18.2 Å². The Balaban J connectivity index is 1.43. The molecule has 1 saturated carbocycles. The molecular formula is C28H39N5O3S. The number of nitrogens with one attached hydrogen (secondary N) is 2. The van der Waals surface area contributed by atoms with Crippen LogP contribution in [0.2, 0.25) is 0 Å². The Morgan fingerprint density at radius 1 is 1.11 bits per heavy atom. The second-order valence-electron chi connectivity index (χ2n) is 11.8. The van der Waals surface area contributed by atoms with Gasteiger partial charge in [0.25, 0.3) is 5.91 Å². The van der Waals surface area contributed by atoms with E-state index < -0.39 is 14.5 Å². The van der Waals surface area contributed by atoms with E-state index in [2.05, 4.69) is 15.1 Å². The number of pyridine rings is 1. The first kappa shape index (κ1) is 26.0. The number of carbonyl (C=O) groups is 1. The highest BCUT2D eigenvalue weighted by Crippen LogP contribution is 2.54. The highest BCUT2D eigenvalue weighted by Gasteiger charge is 2.44. The Labute approximate surface area is 220 Å². The van der Waals surface area contributed by atoms with Gasteiger partial charge in [0.15, 0.2) is 0 Å². The standard InChI is InChI=1S/C28H39N5O3S/c1-20-19-33(16-17-36-20)25-7-5-6-24(30-25)31-26(34)22-9-8-21(37(29,35)27(2,3)4)18-23(22)32-14-12-28(10-11-28)13-15-32/h5-9,18,20,29H,10-17,19H2,1-4H3,(H,30,31,34)/t20-,37?/m1/s1. The van der Waals surface area contributed by atoms with Gasteiger partial charge in [-0.05, 0) is 89.1 Å². The molecular weight excluding hydrogens is 486 g/mol. The minimum atomic E-state index is -3.06. The average molecular weight is 526 g/mol. The van der Waals surface area contributed by atoms with Crippen molar-refractivity contribution in [2.75, 3.05) is 47.9 Å². The predicted molar refractivity (Wildman–Crippen MR) is 148 cm³/mol. The van der Waals surface area contributed by atoms with Gasteiger partial charge in [-0.1, -0.05) is 6.07 Å². The van der Waals surface area contributed by atoms with Crippen molar-refractivity contribution in [3.05, 3.63) is 42.0 Å². The smallest absolute Gasteiger partial charge is 0.258 e. The second kappa shape index (κ2) is 9.58. The van der Waals surface area contributed by atoms with Crippen molar-refractivity contribution in [3.8, 4) is 0 Å². The molecule has 2 atom stereocenters. The number of amides is 1. The summed E-state index contributed by atoms with van der Waals surface area (Å²) < 4.78 is 27.1. The molecule has 3 fully saturated rings. The largest absolute Gasteiger partial charge is 0.375 e. The van der Waals surface area contributed by atoms with Crippen molar-refractivity contribution < 1.29 is 13.7 Å². The van der Waals surface area contributed by atoms with E-state index in [-0.39, 0.29) is 12.0 Å².